The van der Waals surface area contributed by atoms with E-state index in [4.69, 9.17) is 9.83 Å². The maximum atomic E-state index is 9.01. The summed E-state index contributed by atoms with van der Waals surface area (Å²) in [5, 5.41) is 19.7. The van der Waals surface area contributed by atoms with Gasteiger partial charge in [0, 0.05) is 39.0 Å². The van der Waals surface area contributed by atoms with Gasteiger partial charge < -0.3 is 9.73 Å². The topological polar surface area (TPSA) is 49.0 Å². The summed E-state index contributed by atoms with van der Waals surface area (Å²) >= 11 is 0. The highest BCUT2D eigenvalue weighted by atomic mass is 16.3. The van der Waals surface area contributed by atoms with Crippen molar-refractivity contribution in [2.75, 3.05) is 5.32 Å². The average molecular weight is 643 g/mol. The molecule has 8 aromatic carbocycles. The van der Waals surface area contributed by atoms with Gasteiger partial charge in [0.1, 0.15) is 11.2 Å². The maximum absolute atomic E-state index is 9.01. The van der Waals surface area contributed by atoms with E-state index in [-0.39, 0.29) is 6.04 Å². The van der Waals surface area contributed by atoms with Crippen LogP contribution >= 0.6 is 0 Å². The van der Waals surface area contributed by atoms with Crippen LogP contribution in [-0.4, -0.2) is 5.71 Å². The Bertz CT molecular complexity index is 2720. The van der Waals surface area contributed by atoms with E-state index in [1.165, 1.54) is 33.0 Å². The lowest BCUT2D eigenvalue weighted by Gasteiger charge is -2.20. The van der Waals surface area contributed by atoms with Crippen LogP contribution in [0, 0.1) is 5.41 Å². The number of anilines is 1. The fourth-order valence-corrected chi connectivity index (χ4v) is 7.41. The first-order valence-corrected chi connectivity index (χ1v) is 17.1. The summed E-state index contributed by atoms with van der Waals surface area (Å²) in [5.41, 5.74) is 10.8. The van der Waals surface area contributed by atoms with Crippen LogP contribution in [0.4, 0.5) is 5.69 Å². The number of furan rings is 1. The number of fused-ring (bicyclic) bond motifs is 6. The molecule has 9 aromatic rings. The fourth-order valence-electron chi connectivity index (χ4n) is 7.41. The number of rotatable bonds is 7. The molecule has 9 rings (SSSR count). The largest absolute Gasteiger partial charge is 0.455 e. The first kappa shape index (κ1) is 29.7. The molecule has 0 radical (unpaired) electrons. The van der Waals surface area contributed by atoms with Gasteiger partial charge in [-0.3, -0.25) is 5.41 Å². The molecular formula is C47H34N2O. The van der Waals surface area contributed by atoms with Gasteiger partial charge >= 0.3 is 0 Å². The summed E-state index contributed by atoms with van der Waals surface area (Å²) in [6.45, 7) is 2.19. The lowest BCUT2D eigenvalue weighted by molar-refractivity contribution is 0.672. The van der Waals surface area contributed by atoms with E-state index in [1.54, 1.807) is 0 Å². The van der Waals surface area contributed by atoms with Gasteiger partial charge in [-0.1, -0.05) is 140 Å². The molecule has 3 nitrogen and oxygen atoms in total. The van der Waals surface area contributed by atoms with Crippen LogP contribution in [-0.2, 0) is 0 Å². The number of para-hydroxylation sites is 1. The summed E-state index contributed by atoms with van der Waals surface area (Å²) in [6, 6.07) is 59.3. The molecule has 3 heteroatoms. The fraction of sp³-hybridized carbons (Fsp3) is 0.0426. The third-order valence-electron chi connectivity index (χ3n) is 9.89. The smallest absolute Gasteiger partial charge is 0.143 e. The third-order valence-corrected chi connectivity index (χ3v) is 9.89. The third kappa shape index (κ3) is 5.12. The van der Waals surface area contributed by atoms with Crippen LogP contribution in [0.25, 0.3) is 65.7 Å². The predicted molar refractivity (Wildman–Crippen MR) is 210 cm³/mol. The maximum Gasteiger partial charge on any atom is 0.143 e. The minimum atomic E-state index is -0.0598. The molecule has 0 spiro atoms. The van der Waals surface area contributed by atoms with Gasteiger partial charge in [-0.15, -0.1) is 0 Å². The van der Waals surface area contributed by atoms with E-state index in [0.29, 0.717) is 5.71 Å². The predicted octanol–water partition coefficient (Wildman–Crippen LogP) is 12.8. The van der Waals surface area contributed by atoms with Crippen molar-refractivity contribution in [3.63, 3.8) is 0 Å². The van der Waals surface area contributed by atoms with Crippen molar-refractivity contribution >= 4 is 54.9 Å². The Morgan fingerprint density at radius 3 is 2.14 bits per heavy atom. The van der Waals surface area contributed by atoms with E-state index >= 15 is 0 Å². The summed E-state index contributed by atoms with van der Waals surface area (Å²) in [5.74, 6) is 0. The van der Waals surface area contributed by atoms with Crippen molar-refractivity contribution < 1.29 is 4.42 Å². The van der Waals surface area contributed by atoms with Crippen LogP contribution in [0.3, 0.4) is 0 Å². The van der Waals surface area contributed by atoms with Crippen molar-refractivity contribution in [3.8, 4) is 22.3 Å². The van der Waals surface area contributed by atoms with Crippen molar-refractivity contribution in [3.05, 3.63) is 187 Å². The Hall–Kier alpha value is -6.45. The molecule has 50 heavy (non-hydrogen) atoms. The Morgan fingerprint density at radius 2 is 1.26 bits per heavy atom. The second kappa shape index (κ2) is 12.2. The normalized spacial score (nSPS) is 12.1. The van der Waals surface area contributed by atoms with Crippen molar-refractivity contribution in [1.29, 1.82) is 5.41 Å². The molecule has 1 unspecified atom stereocenters. The summed E-state index contributed by atoms with van der Waals surface area (Å²) in [6.07, 6.45) is 0. The van der Waals surface area contributed by atoms with Crippen LogP contribution in [0.2, 0.25) is 0 Å². The Kier molecular flexibility index (Phi) is 7.25. The molecule has 0 aliphatic heterocycles. The van der Waals surface area contributed by atoms with Gasteiger partial charge in [0.15, 0.2) is 0 Å². The van der Waals surface area contributed by atoms with Gasteiger partial charge in [0.05, 0.1) is 5.71 Å². The van der Waals surface area contributed by atoms with Gasteiger partial charge in [-0.05, 0) is 81.2 Å². The molecule has 1 aromatic heterocycles. The second-order valence-electron chi connectivity index (χ2n) is 13.0. The van der Waals surface area contributed by atoms with Crippen molar-refractivity contribution in [1.82, 2.24) is 0 Å². The van der Waals surface area contributed by atoms with Gasteiger partial charge in [-0.2, -0.15) is 0 Å². The highest BCUT2D eigenvalue weighted by Crippen LogP contribution is 2.43. The van der Waals surface area contributed by atoms with Crippen molar-refractivity contribution in [2.45, 2.75) is 13.0 Å². The molecule has 0 aliphatic rings. The minimum Gasteiger partial charge on any atom is -0.455 e. The average Bonchev–Trinajstić information content (AvgIpc) is 3.57. The molecule has 0 saturated carbocycles. The molecule has 238 valence electrons. The molecule has 0 fully saturated rings. The molecule has 0 amide bonds. The van der Waals surface area contributed by atoms with Crippen LogP contribution < -0.4 is 5.32 Å². The standard InChI is InChI=1S/C47H34N2O/c1-30(49-43-23-10-9-21-40(43)46(48)32-14-3-2-4-15-32)37-22-12-24-44-45(37)42-29-41(38-19-7-8-20-39(38)47(42)50-44)36-18-11-17-34(28-36)35-26-25-31-13-5-6-16-33(31)27-35/h2-30,48-49H,1H3. The van der Waals surface area contributed by atoms with E-state index in [2.05, 4.69) is 134 Å². The zero-order chi connectivity index (χ0) is 33.6. The van der Waals surface area contributed by atoms with E-state index in [0.717, 1.165) is 55.1 Å². The van der Waals surface area contributed by atoms with E-state index < -0.39 is 0 Å². The number of benzene rings is 8. The molecule has 1 heterocycles. The van der Waals surface area contributed by atoms with Gasteiger partial charge in [-0.25, -0.2) is 0 Å². The quantitative estimate of drug-likeness (QED) is 0.170. The highest BCUT2D eigenvalue weighted by molar-refractivity contribution is 6.20. The van der Waals surface area contributed by atoms with Crippen molar-refractivity contribution in [2.24, 2.45) is 0 Å². The molecule has 0 aliphatic carbocycles. The monoisotopic (exact) mass is 642 g/mol. The summed E-state index contributed by atoms with van der Waals surface area (Å²) < 4.78 is 6.69. The number of hydrogen-bond acceptors (Lipinski definition) is 3. The second-order valence-corrected chi connectivity index (χ2v) is 13.0. The molecular weight excluding hydrogens is 609 g/mol. The Morgan fingerprint density at radius 1 is 0.560 bits per heavy atom. The van der Waals surface area contributed by atoms with Gasteiger partial charge in [0.25, 0.3) is 0 Å². The zero-order valence-corrected chi connectivity index (χ0v) is 27.7. The summed E-state index contributed by atoms with van der Waals surface area (Å²) in [4.78, 5) is 0. The number of nitrogens with one attached hydrogen (secondary N) is 2. The molecule has 0 saturated heterocycles. The highest BCUT2D eigenvalue weighted by Gasteiger charge is 2.20. The van der Waals surface area contributed by atoms with Gasteiger partial charge in [0.2, 0.25) is 0 Å². The lowest BCUT2D eigenvalue weighted by atomic mass is 9.92. The first-order valence-electron chi connectivity index (χ1n) is 17.1. The molecule has 0 bridgehead atoms. The first-order chi connectivity index (χ1) is 24.6. The summed E-state index contributed by atoms with van der Waals surface area (Å²) in [7, 11) is 0. The van der Waals surface area contributed by atoms with E-state index in [9.17, 15) is 0 Å². The molecule has 1 atom stereocenters. The molecule has 2 N–H and O–H groups in total. The van der Waals surface area contributed by atoms with Crippen LogP contribution in [0.15, 0.2) is 174 Å². The lowest BCUT2D eigenvalue weighted by Crippen LogP contribution is -2.11. The Balaban J connectivity index is 1.17. The zero-order valence-electron chi connectivity index (χ0n) is 27.7. The van der Waals surface area contributed by atoms with Crippen LogP contribution in [0.1, 0.15) is 29.7 Å². The van der Waals surface area contributed by atoms with E-state index in [1.807, 2.05) is 48.5 Å². The Labute approximate surface area is 291 Å². The number of hydrogen-bond donors (Lipinski definition) is 2. The van der Waals surface area contributed by atoms with Crippen LogP contribution in [0.5, 0.6) is 0 Å². The minimum absolute atomic E-state index is 0.0598. The SMILES string of the molecule is CC(Nc1ccccc1C(=N)c1ccccc1)c1cccc2oc3c4ccccc4c(-c4cccc(-c5ccc6ccccc6c5)c4)cc3c12.